The third-order valence-corrected chi connectivity index (χ3v) is 2.96. The van der Waals surface area contributed by atoms with E-state index >= 15 is 0 Å². The van der Waals surface area contributed by atoms with E-state index in [9.17, 15) is 9.59 Å². The van der Waals surface area contributed by atoms with E-state index in [1.54, 1.807) is 0 Å². The van der Waals surface area contributed by atoms with Crippen LogP contribution in [0.4, 0.5) is 0 Å². The van der Waals surface area contributed by atoms with E-state index in [0.717, 1.165) is 24.2 Å². The summed E-state index contributed by atoms with van der Waals surface area (Å²) in [7, 11) is 0. The maximum Gasteiger partial charge on any atom is 0.325 e. The minimum Gasteiger partial charge on any atom is -0.494 e. The number of ether oxygens (including phenoxy) is 1. The number of nitrogens with one attached hydrogen (secondary N) is 2. The number of rotatable bonds is 6. The van der Waals surface area contributed by atoms with Gasteiger partial charge in [-0.15, -0.1) is 0 Å². The molecule has 0 spiro atoms. The normalized spacial score (nSPS) is 10.4. The van der Waals surface area contributed by atoms with E-state index in [1.165, 1.54) is 6.20 Å². The van der Waals surface area contributed by atoms with E-state index in [1.807, 2.05) is 24.3 Å². The molecule has 0 unspecified atom stereocenters. The van der Waals surface area contributed by atoms with Gasteiger partial charge in [0.15, 0.2) is 0 Å². The second-order valence-corrected chi connectivity index (χ2v) is 4.62. The monoisotopic (exact) mass is 274 g/mol. The molecule has 2 N–H and O–H groups in total. The molecule has 5 heteroatoms. The number of hydrogen-bond acceptors (Lipinski definition) is 3. The summed E-state index contributed by atoms with van der Waals surface area (Å²) < 4.78 is 5.63. The molecule has 0 atom stereocenters. The minimum absolute atomic E-state index is 0.356. The van der Waals surface area contributed by atoms with Gasteiger partial charge < -0.3 is 9.72 Å². The highest BCUT2D eigenvalue weighted by Gasteiger charge is 2.03. The van der Waals surface area contributed by atoms with Crippen molar-refractivity contribution >= 4 is 0 Å². The Morgan fingerprint density at radius 3 is 2.85 bits per heavy atom. The summed E-state index contributed by atoms with van der Waals surface area (Å²) in [5, 5.41) is 0. The summed E-state index contributed by atoms with van der Waals surface area (Å²) >= 11 is 0. The average molecular weight is 274 g/mol. The summed E-state index contributed by atoms with van der Waals surface area (Å²) in [6, 6.07) is 7.64. The molecule has 1 aromatic carbocycles. The first-order chi connectivity index (χ1) is 9.69. The third kappa shape index (κ3) is 3.85. The molecule has 1 heterocycles. The van der Waals surface area contributed by atoms with E-state index < -0.39 is 5.69 Å². The van der Waals surface area contributed by atoms with Gasteiger partial charge >= 0.3 is 5.69 Å². The fourth-order valence-electron chi connectivity index (χ4n) is 1.87. The Balaban J connectivity index is 2.11. The van der Waals surface area contributed by atoms with Crippen molar-refractivity contribution in [2.45, 2.75) is 26.2 Å². The number of unbranched alkanes of at least 4 members (excludes halogenated alkanes) is 1. The SMILES string of the molecule is CCCCOc1cccc(Cc2c[nH]c(=O)[nH]c2=O)c1. The molecule has 0 saturated carbocycles. The second kappa shape index (κ2) is 6.75. The zero-order valence-corrected chi connectivity index (χ0v) is 11.4. The zero-order valence-electron chi connectivity index (χ0n) is 11.4. The van der Waals surface area contributed by atoms with Gasteiger partial charge in [0.25, 0.3) is 5.56 Å². The predicted octanol–water partition coefficient (Wildman–Crippen LogP) is 1.83. The number of aromatic amines is 2. The van der Waals surface area contributed by atoms with Gasteiger partial charge in [0.2, 0.25) is 0 Å². The van der Waals surface area contributed by atoms with Crippen LogP contribution in [0.3, 0.4) is 0 Å². The van der Waals surface area contributed by atoms with Gasteiger partial charge in [-0.3, -0.25) is 9.78 Å². The van der Waals surface area contributed by atoms with Crippen LogP contribution in [0.15, 0.2) is 40.1 Å². The lowest BCUT2D eigenvalue weighted by Gasteiger charge is -2.07. The van der Waals surface area contributed by atoms with Gasteiger partial charge in [0.05, 0.1) is 6.61 Å². The van der Waals surface area contributed by atoms with Crippen molar-refractivity contribution in [2.24, 2.45) is 0 Å². The Morgan fingerprint density at radius 1 is 1.25 bits per heavy atom. The van der Waals surface area contributed by atoms with Crippen LogP contribution < -0.4 is 16.0 Å². The average Bonchev–Trinajstić information content (AvgIpc) is 2.43. The van der Waals surface area contributed by atoms with Crippen molar-refractivity contribution in [3.05, 3.63) is 62.4 Å². The smallest absolute Gasteiger partial charge is 0.325 e. The van der Waals surface area contributed by atoms with E-state index in [2.05, 4.69) is 16.9 Å². The number of benzene rings is 1. The highest BCUT2D eigenvalue weighted by Crippen LogP contribution is 2.15. The molecule has 0 aliphatic carbocycles. The summed E-state index contributed by atoms with van der Waals surface area (Å²) in [6.07, 6.45) is 4.01. The van der Waals surface area contributed by atoms with Crippen LogP contribution in [0.25, 0.3) is 0 Å². The molecule has 0 saturated heterocycles. The lowest BCUT2D eigenvalue weighted by molar-refractivity contribution is 0.309. The molecular weight excluding hydrogens is 256 g/mol. The first-order valence-corrected chi connectivity index (χ1v) is 6.71. The molecule has 0 fully saturated rings. The molecule has 106 valence electrons. The Labute approximate surface area is 116 Å². The predicted molar refractivity (Wildman–Crippen MR) is 77.3 cm³/mol. The standard InChI is InChI=1S/C15H18N2O3/c1-2-3-7-20-13-6-4-5-11(9-13)8-12-10-16-15(19)17-14(12)18/h4-6,9-10H,2-3,7-8H2,1H3,(H2,16,17,18,19). The lowest BCUT2D eigenvalue weighted by Crippen LogP contribution is -2.24. The van der Waals surface area contributed by atoms with Gasteiger partial charge in [-0.2, -0.15) is 0 Å². The fourth-order valence-corrected chi connectivity index (χ4v) is 1.87. The largest absolute Gasteiger partial charge is 0.494 e. The Kier molecular flexibility index (Phi) is 4.76. The Hall–Kier alpha value is -2.30. The van der Waals surface area contributed by atoms with Crippen molar-refractivity contribution in [1.29, 1.82) is 0 Å². The topological polar surface area (TPSA) is 75.0 Å². The van der Waals surface area contributed by atoms with Crippen molar-refractivity contribution in [3.63, 3.8) is 0 Å². The second-order valence-electron chi connectivity index (χ2n) is 4.62. The number of hydrogen-bond donors (Lipinski definition) is 2. The molecule has 0 aliphatic rings. The highest BCUT2D eigenvalue weighted by atomic mass is 16.5. The summed E-state index contributed by atoms with van der Waals surface area (Å²) in [5.74, 6) is 0.803. The van der Waals surface area contributed by atoms with Crippen LogP contribution in [0.5, 0.6) is 5.75 Å². The van der Waals surface area contributed by atoms with Gasteiger partial charge in [0, 0.05) is 18.2 Å². The van der Waals surface area contributed by atoms with Crippen molar-refractivity contribution < 1.29 is 4.74 Å². The molecule has 0 aliphatic heterocycles. The van der Waals surface area contributed by atoms with Crippen LogP contribution in [-0.4, -0.2) is 16.6 Å². The maximum atomic E-state index is 11.6. The quantitative estimate of drug-likeness (QED) is 0.789. The van der Waals surface area contributed by atoms with Crippen molar-refractivity contribution in [1.82, 2.24) is 9.97 Å². The first kappa shape index (κ1) is 14.1. The number of H-pyrrole nitrogens is 2. The van der Waals surface area contributed by atoms with E-state index in [4.69, 9.17) is 4.74 Å². The molecule has 20 heavy (non-hydrogen) atoms. The summed E-state index contributed by atoms with van der Waals surface area (Å²) in [4.78, 5) is 27.3. The van der Waals surface area contributed by atoms with Crippen LogP contribution >= 0.6 is 0 Å². The minimum atomic E-state index is -0.490. The van der Waals surface area contributed by atoms with E-state index in [-0.39, 0.29) is 5.56 Å². The van der Waals surface area contributed by atoms with Crippen LogP contribution in [-0.2, 0) is 6.42 Å². The van der Waals surface area contributed by atoms with Crippen molar-refractivity contribution in [2.75, 3.05) is 6.61 Å². The van der Waals surface area contributed by atoms with Gasteiger partial charge in [0.1, 0.15) is 5.75 Å². The maximum absolute atomic E-state index is 11.6. The lowest BCUT2D eigenvalue weighted by atomic mass is 10.1. The van der Waals surface area contributed by atoms with E-state index in [0.29, 0.717) is 18.6 Å². The molecule has 2 rings (SSSR count). The molecular formula is C15H18N2O3. The molecule has 2 aromatic rings. The molecule has 0 bridgehead atoms. The van der Waals surface area contributed by atoms with Gasteiger partial charge in [-0.1, -0.05) is 25.5 Å². The van der Waals surface area contributed by atoms with Crippen LogP contribution in [0.2, 0.25) is 0 Å². The van der Waals surface area contributed by atoms with Gasteiger partial charge in [-0.05, 0) is 24.1 Å². The van der Waals surface area contributed by atoms with Crippen molar-refractivity contribution in [3.8, 4) is 5.75 Å². The molecule has 0 radical (unpaired) electrons. The first-order valence-electron chi connectivity index (χ1n) is 6.71. The Morgan fingerprint density at radius 2 is 2.10 bits per heavy atom. The summed E-state index contributed by atoms with van der Waals surface area (Å²) in [6.45, 7) is 2.81. The Bertz CT molecular complexity index is 673. The number of aromatic nitrogens is 2. The highest BCUT2D eigenvalue weighted by molar-refractivity contribution is 5.31. The fraction of sp³-hybridized carbons (Fsp3) is 0.333. The summed E-state index contributed by atoms with van der Waals surface area (Å²) in [5.41, 5.74) is 0.647. The van der Waals surface area contributed by atoms with Crippen LogP contribution in [0, 0.1) is 0 Å². The van der Waals surface area contributed by atoms with Crippen LogP contribution in [0.1, 0.15) is 30.9 Å². The molecule has 0 amide bonds. The van der Waals surface area contributed by atoms with Gasteiger partial charge in [-0.25, -0.2) is 4.79 Å². The zero-order chi connectivity index (χ0) is 14.4. The third-order valence-electron chi connectivity index (χ3n) is 2.96. The molecule has 1 aromatic heterocycles. The molecule has 5 nitrogen and oxygen atoms in total.